The van der Waals surface area contributed by atoms with Crippen LogP contribution in [0.25, 0.3) is 6.08 Å². The molecule has 0 saturated carbocycles. The molecule has 0 aliphatic carbocycles. The van der Waals surface area contributed by atoms with Crippen molar-refractivity contribution >= 4 is 46.5 Å². The number of aromatic hydroxyl groups is 1. The van der Waals surface area contributed by atoms with Gasteiger partial charge in [-0.15, -0.1) is 0 Å². The first-order valence-electron chi connectivity index (χ1n) is 8.52. The zero-order chi connectivity index (χ0) is 21.0. The molecule has 1 aliphatic heterocycles. The van der Waals surface area contributed by atoms with E-state index in [1.165, 1.54) is 12.1 Å². The molecule has 0 unspecified atom stereocenters. The van der Waals surface area contributed by atoms with E-state index in [-0.39, 0.29) is 34.9 Å². The summed E-state index contributed by atoms with van der Waals surface area (Å²) in [5.74, 6) is -2.60. The van der Waals surface area contributed by atoms with Gasteiger partial charge in [-0.05, 0) is 41.6 Å². The van der Waals surface area contributed by atoms with Gasteiger partial charge in [0.05, 0.1) is 16.2 Å². The van der Waals surface area contributed by atoms with E-state index < -0.39 is 23.0 Å². The van der Waals surface area contributed by atoms with E-state index >= 15 is 0 Å². The molecule has 3 N–H and O–H groups in total. The summed E-state index contributed by atoms with van der Waals surface area (Å²) in [7, 11) is 0. The quantitative estimate of drug-likeness (QED) is 0.492. The standard InChI is InChI=1S/C20H16N2O6S/c23-13-6-7-15(14(11-13)19(26)27)21-17(24)8-9-22-18(25)16(29-20(22)28)10-12-4-2-1-3-5-12/h1-7,10-11,23H,8-9H2,(H,21,24)(H,26,27)/b16-10-. The van der Waals surface area contributed by atoms with Gasteiger partial charge in [-0.3, -0.25) is 19.3 Å². The molecule has 0 atom stereocenters. The number of rotatable bonds is 6. The average molecular weight is 412 g/mol. The highest BCUT2D eigenvalue weighted by Crippen LogP contribution is 2.32. The number of thioether (sulfide) groups is 1. The number of anilines is 1. The van der Waals surface area contributed by atoms with Crippen LogP contribution in [0, 0.1) is 0 Å². The van der Waals surface area contributed by atoms with Gasteiger partial charge < -0.3 is 15.5 Å². The Morgan fingerprint density at radius 2 is 1.83 bits per heavy atom. The number of imide groups is 1. The lowest BCUT2D eigenvalue weighted by atomic mass is 10.1. The number of hydrogen-bond acceptors (Lipinski definition) is 6. The van der Waals surface area contributed by atoms with Crippen LogP contribution in [0.5, 0.6) is 5.75 Å². The van der Waals surface area contributed by atoms with E-state index in [2.05, 4.69) is 5.32 Å². The fourth-order valence-electron chi connectivity index (χ4n) is 2.64. The topological polar surface area (TPSA) is 124 Å². The van der Waals surface area contributed by atoms with Gasteiger partial charge in [0.25, 0.3) is 11.1 Å². The minimum absolute atomic E-state index is 0.0124. The van der Waals surface area contributed by atoms with Crippen LogP contribution >= 0.6 is 11.8 Å². The molecule has 1 heterocycles. The van der Waals surface area contributed by atoms with Crippen molar-refractivity contribution in [2.75, 3.05) is 11.9 Å². The molecule has 3 rings (SSSR count). The van der Waals surface area contributed by atoms with E-state index in [9.17, 15) is 24.3 Å². The van der Waals surface area contributed by atoms with Crippen molar-refractivity contribution in [2.24, 2.45) is 0 Å². The van der Waals surface area contributed by atoms with Crippen LogP contribution in [0.15, 0.2) is 53.4 Å². The highest BCUT2D eigenvalue weighted by Gasteiger charge is 2.35. The second kappa shape index (κ2) is 8.61. The number of carboxylic acid groups (broad SMARTS) is 1. The first-order chi connectivity index (χ1) is 13.8. The van der Waals surface area contributed by atoms with E-state index in [4.69, 9.17) is 5.11 Å². The lowest BCUT2D eigenvalue weighted by Gasteiger charge is -2.13. The highest BCUT2D eigenvalue weighted by atomic mass is 32.2. The molecule has 2 aromatic carbocycles. The summed E-state index contributed by atoms with van der Waals surface area (Å²) in [6.07, 6.45) is 1.41. The van der Waals surface area contributed by atoms with Crippen LogP contribution in [-0.4, -0.2) is 44.7 Å². The summed E-state index contributed by atoms with van der Waals surface area (Å²) in [6.45, 7) is -0.136. The molecule has 2 aromatic rings. The number of amides is 3. The Bertz CT molecular complexity index is 1020. The molecular formula is C20H16N2O6S. The van der Waals surface area contributed by atoms with Crippen LogP contribution < -0.4 is 5.32 Å². The number of aromatic carboxylic acids is 1. The number of hydrogen-bond donors (Lipinski definition) is 3. The largest absolute Gasteiger partial charge is 0.508 e. The summed E-state index contributed by atoms with van der Waals surface area (Å²) < 4.78 is 0. The van der Waals surface area contributed by atoms with Crippen LogP contribution in [0.3, 0.4) is 0 Å². The summed E-state index contributed by atoms with van der Waals surface area (Å²) in [5.41, 5.74) is 0.526. The molecule has 3 amide bonds. The first kappa shape index (κ1) is 20.2. The highest BCUT2D eigenvalue weighted by molar-refractivity contribution is 8.18. The molecule has 1 fully saturated rings. The molecule has 148 valence electrons. The number of phenolic OH excluding ortho intramolecular Hbond substituents is 1. The molecule has 0 aromatic heterocycles. The van der Waals surface area contributed by atoms with Crippen molar-refractivity contribution in [3.05, 3.63) is 64.6 Å². The number of benzene rings is 2. The lowest BCUT2D eigenvalue weighted by molar-refractivity contribution is -0.123. The van der Waals surface area contributed by atoms with Gasteiger partial charge in [0.2, 0.25) is 5.91 Å². The monoisotopic (exact) mass is 412 g/mol. The molecule has 0 bridgehead atoms. The Morgan fingerprint density at radius 3 is 2.52 bits per heavy atom. The van der Waals surface area contributed by atoms with Crippen molar-refractivity contribution in [1.82, 2.24) is 4.90 Å². The number of carbonyl (C=O) groups is 4. The molecule has 0 radical (unpaired) electrons. The Morgan fingerprint density at radius 1 is 1.10 bits per heavy atom. The first-order valence-corrected chi connectivity index (χ1v) is 9.33. The minimum atomic E-state index is -1.31. The molecule has 9 heteroatoms. The number of nitrogens with one attached hydrogen (secondary N) is 1. The molecule has 8 nitrogen and oxygen atoms in total. The molecule has 29 heavy (non-hydrogen) atoms. The smallest absolute Gasteiger partial charge is 0.337 e. The Hall–Kier alpha value is -3.59. The molecule has 0 spiro atoms. The Balaban J connectivity index is 1.63. The van der Waals surface area contributed by atoms with E-state index in [0.717, 1.165) is 28.3 Å². The third kappa shape index (κ3) is 4.82. The molecule has 1 saturated heterocycles. The van der Waals surface area contributed by atoms with Gasteiger partial charge in [0, 0.05) is 13.0 Å². The number of carboxylic acids is 1. The van der Waals surface area contributed by atoms with Gasteiger partial charge in [-0.2, -0.15) is 0 Å². The predicted molar refractivity (Wildman–Crippen MR) is 107 cm³/mol. The van der Waals surface area contributed by atoms with Crippen molar-refractivity contribution < 1.29 is 29.4 Å². The number of phenols is 1. The maximum absolute atomic E-state index is 12.5. The SMILES string of the molecule is O=C(CCN1C(=O)S/C(=C\c2ccccc2)C1=O)Nc1ccc(O)cc1C(=O)O. The Kier molecular flexibility index (Phi) is 5.99. The van der Waals surface area contributed by atoms with Gasteiger partial charge in [-0.1, -0.05) is 30.3 Å². The van der Waals surface area contributed by atoms with Gasteiger partial charge in [0.1, 0.15) is 5.75 Å². The second-order valence-corrected chi connectivity index (χ2v) is 7.07. The van der Waals surface area contributed by atoms with Crippen molar-refractivity contribution in [1.29, 1.82) is 0 Å². The Labute approximate surface area is 169 Å². The van der Waals surface area contributed by atoms with Gasteiger partial charge in [-0.25, -0.2) is 4.79 Å². The second-order valence-electron chi connectivity index (χ2n) is 6.08. The maximum Gasteiger partial charge on any atom is 0.337 e. The maximum atomic E-state index is 12.5. The lowest BCUT2D eigenvalue weighted by Crippen LogP contribution is -2.31. The van der Waals surface area contributed by atoms with E-state index in [0.29, 0.717) is 0 Å². The third-order valence-corrected chi connectivity index (χ3v) is 4.95. The third-order valence-electron chi connectivity index (χ3n) is 4.04. The fraction of sp³-hybridized carbons (Fsp3) is 0.100. The van der Waals surface area contributed by atoms with Crippen LogP contribution in [0.1, 0.15) is 22.3 Å². The van der Waals surface area contributed by atoms with E-state index in [1.54, 1.807) is 18.2 Å². The minimum Gasteiger partial charge on any atom is -0.508 e. The van der Waals surface area contributed by atoms with Crippen LogP contribution in [0.4, 0.5) is 10.5 Å². The molecular weight excluding hydrogens is 396 g/mol. The summed E-state index contributed by atoms with van der Waals surface area (Å²) in [5, 5.41) is 20.5. The van der Waals surface area contributed by atoms with Gasteiger partial charge >= 0.3 is 5.97 Å². The zero-order valence-corrected chi connectivity index (χ0v) is 15.8. The number of carbonyl (C=O) groups excluding carboxylic acids is 3. The number of nitrogens with zero attached hydrogens (tertiary/aromatic N) is 1. The van der Waals surface area contributed by atoms with Crippen LogP contribution in [0.2, 0.25) is 0 Å². The molecule has 1 aliphatic rings. The zero-order valence-electron chi connectivity index (χ0n) is 15.0. The summed E-state index contributed by atoms with van der Waals surface area (Å²) in [4.78, 5) is 49.2. The summed E-state index contributed by atoms with van der Waals surface area (Å²) >= 11 is 0.802. The van der Waals surface area contributed by atoms with Crippen molar-refractivity contribution in [3.8, 4) is 5.75 Å². The average Bonchev–Trinajstić information content (AvgIpc) is 2.95. The summed E-state index contributed by atoms with van der Waals surface area (Å²) in [6, 6.07) is 12.6. The van der Waals surface area contributed by atoms with E-state index in [1.807, 2.05) is 18.2 Å². The van der Waals surface area contributed by atoms with Crippen molar-refractivity contribution in [3.63, 3.8) is 0 Å². The van der Waals surface area contributed by atoms with Crippen molar-refractivity contribution in [2.45, 2.75) is 6.42 Å². The predicted octanol–water partition coefficient (Wildman–Crippen LogP) is 3.16. The van der Waals surface area contributed by atoms with Crippen LogP contribution in [-0.2, 0) is 9.59 Å². The normalized spacial score (nSPS) is 15.0. The van der Waals surface area contributed by atoms with Gasteiger partial charge in [0.15, 0.2) is 0 Å². The fourth-order valence-corrected chi connectivity index (χ4v) is 3.50.